The Labute approximate surface area is 114 Å². The Morgan fingerprint density at radius 2 is 2.12 bits per heavy atom. The molecular weight excluding hydrogens is 272 g/mol. The van der Waals surface area contributed by atoms with Gasteiger partial charge in [0.1, 0.15) is 0 Å². The highest BCUT2D eigenvalue weighted by atomic mass is 79.9. The van der Waals surface area contributed by atoms with Crippen LogP contribution in [-0.4, -0.2) is 0 Å². The lowest BCUT2D eigenvalue weighted by atomic mass is 9.65. The Morgan fingerprint density at radius 3 is 2.76 bits per heavy atom. The summed E-state index contributed by atoms with van der Waals surface area (Å²) in [6.07, 6.45) is 6.56. The number of rotatable bonds is 3. The molecule has 0 saturated heterocycles. The fourth-order valence-electron chi connectivity index (χ4n) is 3.55. The molecule has 1 aliphatic rings. The second-order valence-corrected chi connectivity index (χ2v) is 6.71. The van der Waals surface area contributed by atoms with Gasteiger partial charge >= 0.3 is 0 Å². The Hall–Kier alpha value is -0.300. The lowest BCUT2D eigenvalue weighted by Gasteiger charge is -2.40. The van der Waals surface area contributed by atoms with Crippen LogP contribution in [-0.2, 0) is 11.8 Å². The molecular formula is C16H23Br. The van der Waals surface area contributed by atoms with Gasteiger partial charge in [0.2, 0.25) is 0 Å². The fourth-order valence-corrected chi connectivity index (χ4v) is 4.12. The van der Waals surface area contributed by atoms with Gasteiger partial charge in [-0.2, -0.15) is 0 Å². The van der Waals surface area contributed by atoms with Crippen LogP contribution in [0.1, 0.15) is 57.6 Å². The molecule has 0 heterocycles. The molecule has 0 aromatic heterocycles. The summed E-state index contributed by atoms with van der Waals surface area (Å²) >= 11 is 3.73. The minimum Gasteiger partial charge on any atom is -0.0645 e. The standard InChI is InChI=1S/C16H23Br/c1-4-16(11-12(2)3)10-6-7-13-14(16)8-5-9-15(13)17/h5,8-9,12H,4,6-7,10-11H2,1-3H3. The summed E-state index contributed by atoms with van der Waals surface area (Å²) in [5.74, 6) is 0.778. The molecule has 1 aromatic rings. The first-order valence-corrected chi connectivity index (χ1v) is 7.66. The molecule has 0 bridgehead atoms. The van der Waals surface area contributed by atoms with Crippen LogP contribution >= 0.6 is 15.9 Å². The van der Waals surface area contributed by atoms with E-state index in [2.05, 4.69) is 54.9 Å². The molecule has 94 valence electrons. The van der Waals surface area contributed by atoms with E-state index in [9.17, 15) is 0 Å². The molecule has 0 spiro atoms. The van der Waals surface area contributed by atoms with Gasteiger partial charge in [0, 0.05) is 4.47 Å². The molecule has 1 aromatic carbocycles. The number of benzene rings is 1. The van der Waals surface area contributed by atoms with Gasteiger partial charge in [-0.1, -0.05) is 48.8 Å². The van der Waals surface area contributed by atoms with E-state index in [1.54, 1.807) is 11.1 Å². The quantitative estimate of drug-likeness (QED) is 0.692. The molecule has 0 amide bonds. The zero-order valence-corrected chi connectivity index (χ0v) is 12.8. The van der Waals surface area contributed by atoms with E-state index >= 15 is 0 Å². The Kier molecular flexibility index (Phi) is 3.97. The summed E-state index contributed by atoms with van der Waals surface area (Å²) in [6.45, 7) is 7.06. The summed E-state index contributed by atoms with van der Waals surface area (Å²) in [4.78, 5) is 0. The third-order valence-electron chi connectivity index (χ3n) is 4.25. The van der Waals surface area contributed by atoms with Crippen molar-refractivity contribution in [2.24, 2.45) is 5.92 Å². The number of hydrogen-bond donors (Lipinski definition) is 0. The van der Waals surface area contributed by atoms with Crippen molar-refractivity contribution >= 4 is 15.9 Å². The highest BCUT2D eigenvalue weighted by Crippen LogP contribution is 2.45. The first-order chi connectivity index (χ1) is 8.09. The van der Waals surface area contributed by atoms with Gasteiger partial charge in [0.05, 0.1) is 0 Å². The van der Waals surface area contributed by atoms with E-state index in [0.717, 1.165) is 5.92 Å². The highest BCUT2D eigenvalue weighted by Gasteiger charge is 2.35. The van der Waals surface area contributed by atoms with Crippen LogP contribution in [0.3, 0.4) is 0 Å². The Bertz CT molecular complexity index is 395. The molecule has 2 rings (SSSR count). The van der Waals surface area contributed by atoms with Crippen LogP contribution in [0, 0.1) is 5.92 Å². The van der Waals surface area contributed by atoms with Gasteiger partial charge in [0.25, 0.3) is 0 Å². The van der Waals surface area contributed by atoms with Crippen molar-refractivity contribution < 1.29 is 0 Å². The summed E-state index contributed by atoms with van der Waals surface area (Å²) in [5, 5.41) is 0. The van der Waals surface area contributed by atoms with Crippen molar-refractivity contribution in [3.05, 3.63) is 33.8 Å². The van der Waals surface area contributed by atoms with Gasteiger partial charge in [-0.05, 0) is 60.6 Å². The second-order valence-electron chi connectivity index (χ2n) is 5.85. The van der Waals surface area contributed by atoms with Crippen LogP contribution < -0.4 is 0 Å². The summed E-state index contributed by atoms with van der Waals surface area (Å²) in [5.41, 5.74) is 3.63. The van der Waals surface area contributed by atoms with Crippen LogP contribution in [0.2, 0.25) is 0 Å². The zero-order valence-electron chi connectivity index (χ0n) is 11.2. The third-order valence-corrected chi connectivity index (χ3v) is 4.99. The molecule has 0 N–H and O–H groups in total. The van der Waals surface area contributed by atoms with Crippen molar-refractivity contribution in [2.45, 2.75) is 58.3 Å². The summed E-state index contributed by atoms with van der Waals surface area (Å²) in [6, 6.07) is 6.77. The van der Waals surface area contributed by atoms with Crippen LogP contribution in [0.25, 0.3) is 0 Å². The molecule has 1 aliphatic carbocycles. The Morgan fingerprint density at radius 1 is 1.35 bits per heavy atom. The monoisotopic (exact) mass is 294 g/mol. The molecule has 1 heteroatoms. The largest absolute Gasteiger partial charge is 0.0645 e. The predicted molar refractivity (Wildman–Crippen MR) is 78.5 cm³/mol. The van der Waals surface area contributed by atoms with Gasteiger partial charge in [-0.3, -0.25) is 0 Å². The van der Waals surface area contributed by atoms with E-state index in [0.29, 0.717) is 5.41 Å². The first-order valence-electron chi connectivity index (χ1n) is 6.87. The minimum atomic E-state index is 0.436. The smallest absolute Gasteiger partial charge is 0.0210 e. The number of hydrogen-bond acceptors (Lipinski definition) is 0. The van der Waals surface area contributed by atoms with Gasteiger partial charge in [-0.15, -0.1) is 0 Å². The van der Waals surface area contributed by atoms with E-state index in [1.165, 1.54) is 36.6 Å². The van der Waals surface area contributed by atoms with E-state index < -0.39 is 0 Å². The topological polar surface area (TPSA) is 0 Å². The maximum atomic E-state index is 3.73. The molecule has 1 atom stereocenters. The molecule has 0 nitrogen and oxygen atoms in total. The van der Waals surface area contributed by atoms with E-state index in [1.807, 2.05) is 0 Å². The lowest BCUT2D eigenvalue weighted by Crippen LogP contribution is -2.32. The van der Waals surface area contributed by atoms with Gasteiger partial charge < -0.3 is 0 Å². The maximum absolute atomic E-state index is 3.73. The van der Waals surface area contributed by atoms with Crippen molar-refractivity contribution in [3.63, 3.8) is 0 Å². The average molecular weight is 295 g/mol. The van der Waals surface area contributed by atoms with Crippen molar-refractivity contribution in [3.8, 4) is 0 Å². The van der Waals surface area contributed by atoms with Crippen molar-refractivity contribution in [2.75, 3.05) is 0 Å². The molecule has 0 saturated carbocycles. The first kappa shape index (κ1) is 13.1. The lowest BCUT2D eigenvalue weighted by molar-refractivity contribution is 0.284. The molecule has 0 radical (unpaired) electrons. The van der Waals surface area contributed by atoms with Crippen LogP contribution in [0.4, 0.5) is 0 Å². The predicted octanol–water partition coefficient (Wildman–Crippen LogP) is 5.48. The molecule has 17 heavy (non-hydrogen) atoms. The fraction of sp³-hybridized carbons (Fsp3) is 0.625. The zero-order chi connectivity index (χ0) is 12.5. The highest BCUT2D eigenvalue weighted by molar-refractivity contribution is 9.10. The maximum Gasteiger partial charge on any atom is 0.0210 e. The SMILES string of the molecule is CCC1(CC(C)C)CCCc2c(Br)cccc21. The normalized spacial score (nSPS) is 23.8. The average Bonchev–Trinajstić information content (AvgIpc) is 2.30. The van der Waals surface area contributed by atoms with Crippen molar-refractivity contribution in [1.29, 1.82) is 0 Å². The molecule has 1 unspecified atom stereocenters. The van der Waals surface area contributed by atoms with Gasteiger partial charge in [0.15, 0.2) is 0 Å². The number of fused-ring (bicyclic) bond motifs is 1. The third kappa shape index (κ3) is 2.45. The minimum absolute atomic E-state index is 0.436. The second kappa shape index (κ2) is 5.14. The van der Waals surface area contributed by atoms with Gasteiger partial charge in [-0.25, -0.2) is 0 Å². The van der Waals surface area contributed by atoms with E-state index in [-0.39, 0.29) is 0 Å². The van der Waals surface area contributed by atoms with Crippen LogP contribution in [0.15, 0.2) is 22.7 Å². The van der Waals surface area contributed by atoms with E-state index in [4.69, 9.17) is 0 Å². The Balaban J connectivity index is 2.48. The molecule has 0 fully saturated rings. The van der Waals surface area contributed by atoms with Crippen molar-refractivity contribution in [1.82, 2.24) is 0 Å². The summed E-state index contributed by atoms with van der Waals surface area (Å²) in [7, 11) is 0. The number of halogens is 1. The summed E-state index contributed by atoms with van der Waals surface area (Å²) < 4.78 is 1.32. The van der Waals surface area contributed by atoms with Crippen LogP contribution in [0.5, 0.6) is 0 Å². The molecule has 0 aliphatic heterocycles.